The summed E-state index contributed by atoms with van der Waals surface area (Å²) in [6, 6.07) is 60.1. The van der Waals surface area contributed by atoms with Gasteiger partial charge in [0.15, 0.2) is 6.29 Å². The fourth-order valence-electron chi connectivity index (χ4n) is 8.47. The van der Waals surface area contributed by atoms with Crippen molar-refractivity contribution in [1.82, 2.24) is 14.9 Å². The number of aliphatic hydroxyl groups excluding tert-OH is 1. The van der Waals surface area contributed by atoms with E-state index in [0.717, 1.165) is 57.6 Å². The molecule has 7 aromatic carbocycles. The Morgan fingerprint density at radius 1 is 0.636 bits per heavy atom. The predicted molar refractivity (Wildman–Crippen MR) is 259 cm³/mol. The summed E-state index contributed by atoms with van der Waals surface area (Å²) in [5.74, 6) is -0.407. The third-order valence-electron chi connectivity index (χ3n) is 12.2. The Labute approximate surface area is 389 Å². The zero-order valence-corrected chi connectivity index (χ0v) is 38.2. The van der Waals surface area contributed by atoms with Crippen LogP contribution in [0.15, 0.2) is 193 Å². The number of hydrogen-bond donors (Lipinski definition) is 3. The first kappa shape index (κ1) is 46.3. The molecule has 7 aromatic rings. The van der Waals surface area contributed by atoms with Gasteiger partial charge in [-0.15, -0.1) is 0 Å². The predicted octanol–water partition coefficient (Wildman–Crippen LogP) is 9.85. The van der Waals surface area contributed by atoms with Gasteiger partial charge in [0, 0.05) is 37.7 Å². The van der Waals surface area contributed by atoms with Crippen LogP contribution in [0.4, 0.5) is 0 Å². The molecule has 0 saturated carbocycles. The lowest BCUT2D eigenvalue weighted by Gasteiger charge is -2.43. The molecule has 1 amide bonds. The van der Waals surface area contributed by atoms with Crippen LogP contribution in [-0.4, -0.2) is 43.0 Å². The van der Waals surface area contributed by atoms with E-state index in [1.165, 1.54) is 11.1 Å². The van der Waals surface area contributed by atoms with Crippen LogP contribution in [-0.2, 0) is 57.0 Å². The normalized spacial score (nSPS) is 17.9. The summed E-state index contributed by atoms with van der Waals surface area (Å²) in [4.78, 5) is 16.3. The maximum atomic E-state index is 13.8. The number of benzene rings is 7. The Kier molecular flexibility index (Phi) is 15.3. The average Bonchev–Trinajstić information content (AvgIpc) is 3.35. The van der Waals surface area contributed by atoms with Crippen molar-refractivity contribution >= 4 is 15.9 Å². The van der Waals surface area contributed by atoms with Crippen molar-refractivity contribution in [3.63, 3.8) is 0 Å². The molecule has 1 aliphatic heterocycles. The average molecular weight is 900 g/mol. The first-order valence-corrected chi connectivity index (χ1v) is 24.0. The number of ether oxygens (including phenoxy) is 2. The molecule has 5 atom stereocenters. The number of aliphatic hydroxyl groups is 1. The number of sulfonamides is 1. The van der Waals surface area contributed by atoms with Gasteiger partial charge in [-0.25, -0.2) is 8.42 Å². The highest BCUT2D eigenvalue weighted by molar-refractivity contribution is 7.89. The summed E-state index contributed by atoms with van der Waals surface area (Å²) in [5, 5.41) is 12.8. The van der Waals surface area contributed by atoms with E-state index >= 15 is 0 Å². The molecular weight excluding hydrogens is 843 g/mol. The lowest BCUT2D eigenvalue weighted by Crippen LogP contribution is -2.47. The maximum absolute atomic E-state index is 13.8. The van der Waals surface area contributed by atoms with E-state index < -0.39 is 28.3 Å². The first-order valence-electron chi connectivity index (χ1n) is 22.5. The lowest BCUT2D eigenvalue weighted by atomic mass is 9.89. The number of amides is 1. The molecule has 0 spiro atoms. The van der Waals surface area contributed by atoms with Crippen LogP contribution in [0, 0.1) is 12.8 Å². The zero-order valence-electron chi connectivity index (χ0n) is 37.4. The quantitative estimate of drug-likeness (QED) is 0.0786. The third kappa shape index (κ3) is 12.1. The summed E-state index contributed by atoms with van der Waals surface area (Å²) >= 11 is 0. The van der Waals surface area contributed by atoms with Crippen LogP contribution in [0.2, 0.25) is 0 Å². The van der Waals surface area contributed by atoms with Gasteiger partial charge in [0.1, 0.15) is 6.04 Å². The second-order valence-corrected chi connectivity index (χ2v) is 18.9. The molecule has 66 heavy (non-hydrogen) atoms. The fourth-order valence-corrected chi connectivity index (χ4v) is 9.66. The molecule has 1 heterocycles. The second-order valence-electron chi connectivity index (χ2n) is 17.2. The molecule has 0 aromatic heterocycles. The maximum Gasteiger partial charge on any atom is 0.241 e. The van der Waals surface area contributed by atoms with Gasteiger partial charge in [0.05, 0.1) is 23.7 Å². The molecule has 8 rings (SSSR count). The Morgan fingerprint density at radius 2 is 1.21 bits per heavy atom. The van der Waals surface area contributed by atoms with E-state index in [4.69, 9.17) is 9.47 Å². The van der Waals surface area contributed by atoms with Crippen LogP contribution in [0.3, 0.4) is 0 Å². The van der Waals surface area contributed by atoms with Crippen molar-refractivity contribution in [3.05, 3.63) is 233 Å². The number of carbonyl (C=O) groups is 1. The molecule has 0 radical (unpaired) electrons. The number of hydrogen-bond acceptors (Lipinski definition) is 7. The molecule has 0 unspecified atom stereocenters. The monoisotopic (exact) mass is 899 g/mol. The van der Waals surface area contributed by atoms with Crippen molar-refractivity contribution in [2.24, 2.45) is 5.92 Å². The van der Waals surface area contributed by atoms with E-state index in [0.29, 0.717) is 6.54 Å². The van der Waals surface area contributed by atoms with Gasteiger partial charge in [0.25, 0.3) is 0 Å². The van der Waals surface area contributed by atoms with Gasteiger partial charge in [0.2, 0.25) is 15.9 Å². The zero-order chi connectivity index (χ0) is 45.9. The van der Waals surface area contributed by atoms with Gasteiger partial charge in [-0.1, -0.05) is 182 Å². The molecule has 338 valence electrons. The van der Waals surface area contributed by atoms with E-state index in [1.54, 1.807) is 24.3 Å². The first-order chi connectivity index (χ1) is 32.1. The van der Waals surface area contributed by atoms with E-state index in [-0.39, 0.29) is 42.6 Å². The van der Waals surface area contributed by atoms with Crippen LogP contribution in [0.25, 0.3) is 11.1 Å². The molecule has 3 N–H and O–H groups in total. The summed E-state index contributed by atoms with van der Waals surface area (Å²) < 4.78 is 43.3. The van der Waals surface area contributed by atoms with E-state index in [2.05, 4.69) is 82.5 Å². The van der Waals surface area contributed by atoms with E-state index in [1.807, 2.05) is 110 Å². The molecule has 0 aliphatic carbocycles. The minimum absolute atomic E-state index is 0.0137. The Balaban J connectivity index is 0.987. The summed E-state index contributed by atoms with van der Waals surface area (Å²) in [5.41, 5.74) is 9.83. The minimum atomic E-state index is -3.97. The minimum Gasteiger partial charge on any atom is -0.392 e. The van der Waals surface area contributed by atoms with Crippen molar-refractivity contribution in [1.29, 1.82) is 0 Å². The van der Waals surface area contributed by atoms with Gasteiger partial charge in [-0.2, -0.15) is 4.72 Å². The molecule has 0 bridgehead atoms. The smallest absolute Gasteiger partial charge is 0.241 e. The van der Waals surface area contributed by atoms with Crippen LogP contribution < -0.4 is 10.0 Å². The topological polar surface area (TPSA) is 117 Å². The van der Waals surface area contributed by atoms with Gasteiger partial charge >= 0.3 is 0 Å². The molecule has 1 fully saturated rings. The Hall–Kier alpha value is -6.24. The van der Waals surface area contributed by atoms with Crippen molar-refractivity contribution in [2.45, 2.75) is 75.9 Å². The highest BCUT2D eigenvalue weighted by Gasteiger charge is 2.39. The fraction of sp³-hybridized carbons (Fsp3) is 0.232. The van der Waals surface area contributed by atoms with Gasteiger partial charge in [-0.3, -0.25) is 9.69 Å². The molecule has 9 nitrogen and oxygen atoms in total. The standard InChI is InChI=1S/C56H57N3O6S/c1-40-21-31-51(32-22-40)66(62,63)58-52(34-42-13-6-3-7-14-42)55(61)57-35-46-19-12-20-50(33-46)47-27-29-49(30-28-47)56-64-53(41(2)54(65-56)48-25-23-45(39-60)24-26-48)38-59(36-43-15-8-4-9-16-43)37-44-17-10-5-11-18-44/h3-33,41,52-54,56,58,60H,34-39H2,1-2H3,(H,57,61)/t41-,52+,53+,54+,56+/m0/s1. The van der Waals surface area contributed by atoms with Crippen LogP contribution in [0.5, 0.6) is 0 Å². The second kappa shape index (κ2) is 21.8. The lowest BCUT2D eigenvalue weighted by molar-refractivity contribution is -0.276. The molecule has 10 heteroatoms. The van der Waals surface area contributed by atoms with Gasteiger partial charge < -0.3 is 19.9 Å². The number of carbonyl (C=O) groups excluding carboxylic acids is 1. The Bertz CT molecular complexity index is 2700. The Morgan fingerprint density at radius 3 is 1.82 bits per heavy atom. The number of nitrogens with zero attached hydrogens (tertiary/aromatic N) is 1. The number of rotatable bonds is 18. The summed E-state index contributed by atoms with van der Waals surface area (Å²) in [7, 11) is -3.97. The molecule has 1 aliphatic rings. The van der Waals surface area contributed by atoms with Crippen molar-refractivity contribution in [2.75, 3.05) is 6.54 Å². The molecule has 1 saturated heterocycles. The molecular formula is C56H57N3O6S. The van der Waals surface area contributed by atoms with Crippen molar-refractivity contribution in [3.8, 4) is 11.1 Å². The third-order valence-corrected chi connectivity index (χ3v) is 13.7. The van der Waals surface area contributed by atoms with E-state index in [9.17, 15) is 18.3 Å². The number of aryl methyl sites for hydroxylation is 1. The van der Waals surface area contributed by atoms with Crippen molar-refractivity contribution < 1.29 is 27.8 Å². The summed E-state index contributed by atoms with van der Waals surface area (Å²) in [6.45, 7) is 6.48. The number of nitrogens with one attached hydrogen (secondary N) is 2. The van der Waals surface area contributed by atoms with Crippen LogP contribution in [0.1, 0.15) is 63.8 Å². The highest BCUT2D eigenvalue weighted by atomic mass is 32.2. The largest absolute Gasteiger partial charge is 0.392 e. The SMILES string of the molecule is Cc1ccc(S(=O)(=O)N[C@H](Cc2ccccc2)C(=O)NCc2cccc(-c3ccc([C@@H]4O[C@H](CN(Cc5ccccc5)Cc5ccccc5)[C@H](C)[C@H](c5ccc(CO)cc5)O4)cc3)c2)cc1. The summed E-state index contributed by atoms with van der Waals surface area (Å²) in [6.07, 6.45) is -0.870. The van der Waals surface area contributed by atoms with Gasteiger partial charge in [-0.05, 0) is 76.1 Å². The highest BCUT2D eigenvalue weighted by Crippen LogP contribution is 2.42. The van der Waals surface area contributed by atoms with Crippen LogP contribution >= 0.6 is 0 Å².